The van der Waals surface area contributed by atoms with Crippen LogP contribution in [0.15, 0.2) is 35.6 Å². The third-order valence-corrected chi connectivity index (χ3v) is 2.74. The topological polar surface area (TPSA) is 76.0 Å². The quantitative estimate of drug-likeness (QED) is 0.257. The van der Waals surface area contributed by atoms with Crippen LogP contribution in [-0.2, 0) is 9.53 Å². The zero-order valence-corrected chi connectivity index (χ0v) is 16.9. The van der Waals surface area contributed by atoms with Crippen LogP contribution in [0.3, 0.4) is 0 Å². The van der Waals surface area contributed by atoms with Crippen molar-refractivity contribution in [3.63, 3.8) is 0 Å². The molecule has 0 saturated carbocycles. The Balaban J connectivity index is 0.00000220. The van der Waals surface area contributed by atoms with Gasteiger partial charge in [-0.05, 0) is 0 Å². The van der Waals surface area contributed by atoms with Crippen molar-refractivity contribution in [1.29, 1.82) is 0 Å². The number of benzene rings is 1. The predicted molar refractivity (Wildman–Crippen MR) is 71.0 cm³/mol. The van der Waals surface area contributed by atoms with Gasteiger partial charge in [0.2, 0.25) is 0 Å². The number of ketones is 1. The van der Waals surface area contributed by atoms with Gasteiger partial charge >= 0.3 is 59.1 Å². The molecule has 0 radical (unpaired) electrons. The number of methoxy groups -OCH3 is 2. The van der Waals surface area contributed by atoms with Crippen molar-refractivity contribution in [3.05, 3.63) is 53.3 Å². The molecule has 0 aromatic heterocycles. The van der Waals surface area contributed by atoms with E-state index in [4.69, 9.17) is 9.47 Å². The molecule has 22 heavy (non-hydrogen) atoms. The van der Waals surface area contributed by atoms with Gasteiger partial charge in [0.1, 0.15) is 0 Å². The Morgan fingerprint density at radius 1 is 1.23 bits per heavy atom. The molecule has 0 heterocycles. The molecular weight excluding hydrogens is 306 g/mol. The summed E-state index contributed by atoms with van der Waals surface area (Å²) in [4.78, 5) is 11.9. The Morgan fingerprint density at radius 2 is 1.91 bits per heavy atom. The number of allylic oxidation sites excluding steroid dienone is 4. The second-order valence-electron chi connectivity index (χ2n) is 3.93. The Hall–Kier alpha value is -0.690. The number of phenols is 1. The van der Waals surface area contributed by atoms with Crippen LogP contribution in [0.5, 0.6) is 11.5 Å². The van der Waals surface area contributed by atoms with E-state index in [0.717, 1.165) is 0 Å². The number of rotatable bonds is 3. The van der Waals surface area contributed by atoms with Gasteiger partial charge in [0.05, 0.1) is 20.0 Å². The summed E-state index contributed by atoms with van der Waals surface area (Å²) in [6.45, 7) is 0. The maximum absolute atomic E-state index is 11.9. The minimum atomic E-state index is -0.437. The second-order valence-corrected chi connectivity index (χ2v) is 3.93. The Labute approximate surface area is 172 Å². The molecule has 0 bridgehead atoms. The van der Waals surface area contributed by atoms with E-state index < -0.39 is 5.78 Å². The van der Waals surface area contributed by atoms with E-state index in [0.29, 0.717) is 5.75 Å². The van der Waals surface area contributed by atoms with Crippen molar-refractivity contribution in [2.45, 2.75) is 0 Å². The summed E-state index contributed by atoms with van der Waals surface area (Å²) in [5, 5.41) is 19.9. The molecule has 0 unspecified atom stereocenters. The zero-order chi connectivity index (χ0) is 14.7. The van der Waals surface area contributed by atoms with Gasteiger partial charge in [0.15, 0.2) is 0 Å². The summed E-state index contributed by atoms with van der Waals surface area (Å²) in [5.74, 6) is -0.410. The summed E-state index contributed by atoms with van der Waals surface area (Å²) in [5.41, 5.74) is 0.0983. The number of carbonyl (C=O) groups excluding carboxylic acids is 1. The van der Waals surface area contributed by atoms with Gasteiger partial charge in [-0.1, -0.05) is 23.3 Å². The molecule has 7 heteroatoms. The van der Waals surface area contributed by atoms with E-state index in [1.165, 1.54) is 38.5 Å². The molecule has 1 aromatic rings. The first-order valence-electron chi connectivity index (χ1n) is 5.69. The van der Waals surface area contributed by atoms with Crippen molar-refractivity contribution >= 4 is 11.5 Å². The normalized spacial score (nSPS) is 15.2. The van der Waals surface area contributed by atoms with Crippen LogP contribution < -0.4 is 63.9 Å². The molecule has 1 aromatic carbocycles. The number of hydrogen-bond acceptors (Lipinski definition) is 5. The van der Waals surface area contributed by atoms with E-state index in [-0.39, 0.29) is 87.5 Å². The molecule has 0 aliphatic heterocycles. The van der Waals surface area contributed by atoms with Gasteiger partial charge in [-0.25, -0.2) is 0 Å². The van der Waals surface area contributed by atoms with Gasteiger partial charge in [0.25, 0.3) is 0 Å². The second kappa shape index (κ2) is 9.45. The molecule has 0 atom stereocenters. The third kappa shape index (κ3) is 4.65. The number of aliphatic hydroxyl groups excluding tert-OH is 1. The first kappa shape index (κ1) is 21.3. The van der Waals surface area contributed by atoms with E-state index >= 15 is 0 Å². The number of phenolic OH excluding ortho intramolecular Hbond substituents is 1. The maximum Gasteiger partial charge on any atom is 1.00 e. The van der Waals surface area contributed by atoms with E-state index in [9.17, 15) is 15.0 Å². The molecular formula is C15H12Na2O5. The van der Waals surface area contributed by atoms with E-state index in [2.05, 4.69) is 12.1 Å². The fourth-order valence-electron chi connectivity index (χ4n) is 1.67. The number of carbonyl (C=O) groups is 1. The molecule has 0 saturated heterocycles. The van der Waals surface area contributed by atoms with Gasteiger partial charge < -0.3 is 24.5 Å². The zero-order valence-electron chi connectivity index (χ0n) is 12.9. The number of ether oxygens (including phenoxy) is 2. The fraction of sp³-hybridized carbons (Fsp3) is 0.133. The van der Waals surface area contributed by atoms with Crippen molar-refractivity contribution in [1.82, 2.24) is 0 Å². The first-order valence-corrected chi connectivity index (χ1v) is 5.69. The summed E-state index contributed by atoms with van der Waals surface area (Å²) in [7, 11) is 2.85. The van der Waals surface area contributed by atoms with Crippen LogP contribution in [0.25, 0.3) is 5.76 Å². The largest absolute Gasteiger partial charge is 1.00 e. The van der Waals surface area contributed by atoms with Crippen LogP contribution in [0.1, 0.15) is 5.56 Å². The third-order valence-electron chi connectivity index (χ3n) is 2.74. The van der Waals surface area contributed by atoms with E-state index in [1.807, 2.05) is 0 Å². The number of aromatic hydroxyl groups is 1. The predicted octanol–water partition coefficient (Wildman–Crippen LogP) is -4.05. The Bertz CT molecular complexity index is 647. The molecule has 0 spiro atoms. The molecule has 5 nitrogen and oxygen atoms in total. The summed E-state index contributed by atoms with van der Waals surface area (Å²) in [6, 6.07) is 5.36. The van der Waals surface area contributed by atoms with Crippen molar-refractivity contribution in [3.8, 4) is 11.5 Å². The van der Waals surface area contributed by atoms with Crippen LogP contribution in [0.4, 0.5) is 0 Å². The summed E-state index contributed by atoms with van der Waals surface area (Å²) >= 11 is 0. The molecule has 0 amide bonds. The van der Waals surface area contributed by atoms with Crippen LogP contribution in [0.2, 0.25) is 0 Å². The maximum atomic E-state index is 11.9. The van der Waals surface area contributed by atoms with E-state index in [1.54, 1.807) is 0 Å². The smallest absolute Gasteiger partial charge is 0.533 e. The Morgan fingerprint density at radius 3 is 2.41 bits per heavy atom. The summed E-state index contributed by atoms with van der Waals surface area (Å²) in [6.07, 6.45) is 5.21. The van der Waals surface area contributed by atoms with Crippen LogP contribution >= 0.6 is 0 Å². The molecule has 1 aliphatic carbocycles. The molecule has 2 rings (SSSR count). The van der Waals surface area contributed by atoms with Gasteiger partial charge in [-0.2, -0.15) is 12.1 Å². The van der Waals surface area contributed by atoms with Crippen molar-refractivity contribution in [2.24, 2.45) is 0 Å². The molecule has 104 valence electrons. The van der Waals surface area contributed by atoms with Crippen molar-refractivity contribution in [2.75, 3.05) is 14.2 Å². The standard InChI is InChI=1S/C15H12O5.2Na/c1-19-9-3-5-11(13(16)7-9)15(18)12-6-4-10(20-2)8-14(12)17;;/h5-8,16,18H,1-2H3;;/q-2;2*+1. The SMILES string of the molecule is COC1=CC(=O)C(=C(O)c2c[c-]c(OC)cc2O)C=[C-]1.[Na+].[Na+]. The molecule has 2 N–H and O–H groups in total. The van der Waals surface area contributed by atoms with Crippen molar-refractivity contribution < 1.29 is 83.6 Å². The van der Waals surface area contributed by atoms with Gasteiger partial charge in [0, 0.05) is 23.0 Å². The van der Waals surface area contributed by atoms with Crippen LogP contribution in [-0.4, -0.2) is 30.2 Å². The van der Waals surface area contributed by atoms with Gasteiger partial charge in [-0.3, -0.25) is 0 Å². The fourth-order valence-corrected chi connectivity index (χ4v) is 1.67. The molecule has 0 fully saturated rings. The summed E-state index contributed by atoms with van der Waals surface area (Å²) < 4.78 is 9.77. The minimum absolute atomic E-state index is 0. The van der Waals surface area contributed by atoms with Gasteiger partial charge in [-0.15, -0.1) is 12.1 Å². The first-order chi connectivity index (χ1) is 9.56. The minimum Gasteiger partial charge on any atom is -0.533 e. The van der Waals surface area contributed by atoms with Crippen LogP contribution in [0, 0.1) is 12.1 Å². The Kier molecular flexibility index (Phi) is 9.15. The number of hydrogen-bond donors (Lipinski definition) is 2. The average molecular weight is 318 g/mol. The number of aliphatic hydroxyl groups is 1. The monoisotopic (exact) mass is 318 g/mol. The molecule has 1 aliphatic rings. The average Bonchev–Trinajstić information content (AvgIpc) is 2.46.